The van der Waals surface area contributed by atoms with Crippen LogP contribution in [0.4, 0.5) is 0 Å². The van der Waals surface area contributed by atoms with Gasteiger partial charge in [-0.15, -0.1) is 6.58 Å². The minimum absolute atomic E-state index is 0.197. The quantitative estimate of drug-likeness (QED) is 0.449. The first kappa shape index (κ1) is 9.66. The summed E-state index contributed by atoms with van der Waals surface area (Å²) in [6.45, 7) is 5.68. The Morgan fingerprint density at radius 2 is 2.30 bits per heavy atom. The summed E-state index contributed by atoms with van der Waals surface area (Å²) in [6, 6.07) is 0. The van der Waals surface area contributed by atoms with Crippen LogP contribution in [0.1, 0.15) is 26.2 Å². The van der Waals surface area contributed by atoms with E-state index < -0.39 is 6.23 Å². The summed E-state index contributed by atoms with van der Waals surface area (Å²) in [5.74, 6) is 0.197. The van der Waals surface area contributed by atoms with E-state index >= 15 is 0 Å². The van der Waals surface area contributed by atoms with Crippen molar-refractivity contribution in [2.24, 2.45) is 11.7 Å². The summed E-state index contributed by atoms with van der Waals surface area (Å²) in [6.07, 6.45) is 3.97. The molecule has 2 nitrogen and oxygen atoms in total. The predicted octanol–water partition coefficient (Wildman–Crippen LogP) is 1.26. The highest BCUT2D eigenvalue weighted by atomic mass is 16.3. The molecule has 0 radical (unpaired) electrons. The van der Waals surface area contributed by atoms with Crippen LogP contribution in [-0.2, 0) is 0 Å². The first-order valence-corrected chi connectivity index (χ1v) is 3.76. The maximum atomic E-state index is 9.00. The SMILES string of the molecule is C=CCC(CCC)C(N)O. The van der Waals surface area contributed by atoms with E-state index in [0.29, 0.717) is 0 Å². The topological polar surface area (TPSA) is 46.2 Å². The molecule has 0 heterocycles. The number of aliphatic hydroxyl groups excluding tert-OH is 1. The zero-order valence-electron chi connectivity index (χ0n) is 6.59. The predicted molar refractivity (Wildman–Crippen MR) is 43.4 cm³/mol. The molecule has 2 atom stereocenters. The molecule has 0 saturated carbocycles. The molecule has 0 aliphatic heterocycles. The molecule has 0 aromatic rings. The lowest BCUT2D eigenvalue weighted by Crippen LogP contribution is -2.28. The number of aliphatic hydroxyl groups is 1. The van der Waals surface area contributed by atoms with Crippen LogP contribution in [0.5, 0.6) is 0 Å². The molecule has 0 amide bonds. The van der Waals surface area contributed by atoms with E-state index in [1.807, 2.05) is 0 Å². The van der Waals surface area contributed by atoms with Crippen LogP contribution in [-0.4, -0.2) is 11.3 Å². The summed E-state index contributed by atoms with van der Waals surface area (Å²) in [5, 5.41) is 9.00. The van der Waals surface area contributed by atoms with Crippen molar-refractivity contribution in [3.8, 4) is 0 Å². The molecule has 0 aliphatic carbocycles. The third-order valence-corrected chi connectivity index (χ3v) is 1.61. The van der Waals surface area contributed by atoms with E-state index in [0.717, 1.165) is 19.3 Å². The van der Waals surface area contributed by atoms with E-state index in [-0.39, 0.29) is 5.92 Å². The maximum Gasteiger partial charge on any atom is 0.105 e. The standard InChI is InChI=1S/C8H17NO/c1-3-5-7(6-4-2)8(9)10/h3,7-8,10H,1,4-6,9H2,2H3. The first-order valence-electron chi connectivity index (χ1n) is 3.76. The molecule has 2 unspecified atom stereocenters. The zero-order valence-corrected chi connectivity index (χ0v) is 6.59. The molecule has 0 aromatic carbocycles. The van der Waals surface area contributed by atoms with Crippen LogP contribution in [0.2, 0.25) is 0 Å². The molecule has 10 heavy (non-hydrogen) atoms. The molecule has 0 aliphatic rings. The van der Waals surface area contributed by atoms with Gasteiger partial charge in [0.25, 0.3) is 0 Å². The van der Waals surface area contributed by atoms with E-state index in [1.165, 1.54) is 0 Å². The van der Waals surface area contributed by atoms with Gasteiger partial charge in [0.05, 0.1) is 0 Å². The molecule has 0 bridgehead atoms. The van der Waals surface area contributed by atoms with Gasteiger partial charge >= 0.3 is 0 Å². The van der Waals surface area contributed by atoms with Gasteiger partial charge in [0.1, 0.15) is 6.23 Å². The summed E-state index contributed by atoms with van der Waals surface area (Å²) in [7, 11) is 0. The van der Waals surface area contributed by atoms with Gasteiger partial charge in [-0.2, -0.15) is 0 Å². The number of hydrogen-bond acceptors (Lipinski definition) is 2. The Morgan fingerprint density at radius 3 is 2.60 bits per heavy atom. The smallest absolute Gasteiger partial charge is 0.105 e. The molecule has 0 aromatic heterocycles. The highest BCUT2D eigenvalue weighted by Crippen LogP contribution is 2.12. The van der Waals surface area contributed by atoms with Crippen molar-refractivity contribution in [1.82, 2.24) is 0 Å². The number of allylic oxidation sites excluding steroid dienone is 1. The molecule has 2 heteroatoms. The number of rotatable bonds is 5. The van der Waals surface area contributed by atoms with Gasteiger partial charge in [-0.05, 0) is 12.8 Å². The van der Waals surface area contributed by atoms with Crippen LogP contribution in [0.25, 0.3) is 0 Å². The van der Waals surface area contributed by atoms with Crippen molar-refractivity contribution in [3.05, 3.63) is 12.7 Å². The highest BCUT2D eigenvalue weighted by molar-refractivity contribution is 4.75. The Balaban J connectivity index is 3.60. The Bertz CT molecular complexity index is 91.3. The lowest BCUT2D eigenvalue weighted by Gasteiger charge is -2.16. The van der Waals surface area contributed by atoms with Gasteiger partial charge in [0.2, 0.25) is 0 Å². The van der Waals surface area contributed by atoms with Gasteiger partial charge in [0.15, 0.2) is 0 Å². The minimum Gasteiger partial charge on any atom is -0.379 e. The molecular formula is C8H17NO. The lowest BCUT2D eigenvalue weighted by atomic mass is 9.98. The average molecular weight is 143 g/mol. The largest absolute Gasteiger partial charge is 0.379 e. The fraction of sp³-hybridized carbons (Fsp3) is 0.750. The second-order valence-corrected chi connectivity index (χ2v) is 2.56. The maximum absolute atomic E-state index is 9.00. The summed E-state index contributed by atoms with van der Waals surface area (Å²) in [5.41, 5.74) is 5.32. The molecule has 0 fully saturated rings. The van der Waals surface area contributed by atoms with Gasteiger partial charge in [0, 0.05) is 5.92 Å². The normalized spacial score (nSPS) is 16.3. The van der Waals surface area contributed by atoms with E-state index in [2.05, 4.69) is 13.5 Å². The summed E-state index contributed by atoms with van der Waals surface area (Å²) < 4.78 is 0. The number of nitrogens with two attached hydrogens (primary N) is 1. The summed E-state index contributed by atoms with van der Waals surface area (Å²) in [4.78, 5) is 0. The first-order chi connectivity index (χ1) is 4.72. The Morgan fingerprint density at radius 1 is 1.70 bits per heavy atom. The van der Waals surface area contributed by atoms with Gasteiger partial charge < -0.3 is 10.8 Å². The zero-order chi connectivity index (χ0) is 7.98. The molecule has 3 N–H and O–H groups in total. The Labute approximate surface area is 62.7 Å². The third kappa shape index (κ3) is 3.64. The lowest BCUT2D eigenvalue weighted by molar-refractivity contribution is 0.109. The minimum atomic E-state index is -0.682. The molecule has 60 valence electrons. The van der Waals surface area contributed by atoms with Gasteiger partial charge in [-0.3, -0.25) is 0 Å². The van der Waals surface area contributed by atoms with Crippen LogP contribution >= 0.6 is 0 Å². The van der Waals surface area contributed by atoms with Crippen LogP contribution in [0, 0.1) is 5.92 Å². The molecule has 0 saturated heterocycles. The fourth-order valence-corrected chi connectivity index (χ4v) is 1.01. The van der Waals surface area contributed by atoms with E-state index in [4.69, 9.17) is 10.8 Å². The van der Waals surface area contributed by atoms with Crippen LogP contribution in [0.15, 0.2) is 12.7 Å². The monoisotopic (exact) mass is 143 g/mol. The average Bonchev–Trinajstić information content (AvgIpc) is 1.87. The third-order valence-electron chi connectivity index (χ3n) is 1.61. The highest BCUT2D eigenvalue weighted by Gasteiger charge is 2.11. The van der Waals surface area contributed by atoms with Crippen molar-refractivity contribution in [2.45, 2.75) is 32.4 Å². The van der Waals surface area contributed by atoms with Gasteiger partial charge in [-0.25, -0.2) is 0 Å². The molecular weight excluding hydrogens is 126 g/mol. The number of hydrogen-bond donors (Lipinski definition) is 2. The fourth-order valence-electron chi connectivity index (χ4n) is 1.01. The molecule has 0 rings (SSSR count). The second-order valence-electron chi connectivity index (χ2n) is 2.56. The van der Waals surface area contributed by atoms with Gasteiger partial charge in [-0.1, -0.05) is 19.4 Å². The second kappa shape index (κ2) is 5.45. The Kier molecular flexibility index (Phi) is 5.26. The van der Waals surface area contributed by atoms with E-state index in [1.54, 1.807) is 6.08 Å². The summed E-state index contributed by atoms with van der Waals surface area (Å²) >= 11 is 0. The molecule has 0 spiro atoms. The Hall–Kier alpha value is -0.340. The van der Waals surface area contributed by atoms with Crippen LogP contribution < -0.4 is 5.73 Å². The van der Waals surface area contributed by atoms with Crippen molar-refractivity contribution in [1.29, 1.82) is 0 Å². The van der Waals surface area contributed by atoms with Crippen molar-refractivity contribution >= 4 is 0 Å². The van der Waals surface area contributed by atoms with Crippen molar-refractivity contribution in [3.63, 3.8) is 0 Å². The van der Waals surface area contributed by atoms with Crippen molar-refractivity contribution < 1.29 is 5.11 Å². The van der Waals surface area contributed by atoms with Crippen LogP contribution in [0.3, 0.4) is 0 Å². The van der Waals surface area contributed by atoms with Crippen molar-refractivity contribution in [2.75, 3.05) is 0 Å². The van der Waals surface area contributed by atoms with E-state index in [9.17, 15) is 0 Å².